The Hall–Kier alpha value is -3.59. The lowest BCUT2D eigenvalue weighted by molar-refractivity contribution is 0.0953. The van der Waals surface area contributed by atoms with Gasteiger partial charge in [0.1, 0.15) is 17.2 Å². The van der Waals surface area contributed by atoms with Gasteiger partial charge in [0, 0.05) is 44.3 Å². The minimum atomic E-state index is -0.703. The van der Waals surface area contributed by atoms with Gasteiger partial charge in [-0.2, -0.15) is 5.10 Å². The van der Waals surface area contributed by atoms with Crippen molar-refractivity contribution in [1.29, 1.82) is 0 Å². The van der Waals surface area contributed by atoms with E-state index in [4.69, 9.17) is 0 Å². The van der Waals surface area contributed by atoms with Crippen LogP contribution in [0.25, 0.3) is 10.9 Å². The van der Waals surface area contributed by atoms with Crippen molar-refractivity contribution in [1.82, 2.24) is 14.9 Å². The topological polar surface area (TPSA) is 69.9 Å². The second kappa shape index (κ2) is 9.50. The van der Waals surface area contributed by atoms with E-state index in [0.29, 0.717) is 36.4 Å². The molecule has 4 rings (SSSR count). The van der Waals surface area contributed by atoms with Crippen LogP contribution in [-0.4, -0.2) is 54.8 Å². The zero-order valence-corrected chi connectivity index (χ0v) is 18.5. The first-order chi connectivity index (χ1) is 15.9. The van der Waals surface area contributed by atoms with Gasteiger partial charge in [-0.1, -0.05) is 12.1 Å². The number of anilines is 1. The lowest BCUT2D eigenvalue weighted by atomic mass is 10.1. The van der Waals surface area contributed by atoms with Gasteiger partial charge in [0.15, 0.2) is 0 Å². The fourth-order valence-corrected chi connectivity index (χ4v) is 3.89. The third-order valence-electron chi connectivity index (χ3n) is 5.83. The van der Waals surface area contributed by atoms with E-state index in [2.05, 4.69) is 15.4 Å². The van der Waals surface area contributed by atoms with Crippen LogP contribution in [0.2, 0.25) is 0 Å². The number of nitrogens with one attached hydrogen (secondary N) is 1. The maximum absolute atomic E-state index is 15.0. The molecule has 1 aliphatic rings. The Morgan fingerprint density at radius 3 is 2.48 bits per heavy atom. The van der Waals surface area contributed by atoms with Gasteiger partial charge in [0.05, 0.1) is 17.4 Å². The molecule has 2 aromatic carbocycles. The average molecular weight is 453 g/mol. The van der Waals surface area contributed by atoms with Gasteiger partial charge >= 0.3 is 0 Å². The van der Waals surface area contributed by atoms with Gasteiger partial charge < -0.3 is 14.4 Å². The van der Waals surface area contributed by atoms with Crippen molar-refractivity contribution in [2.24, 2.45) is 5.10 Å². The summed E-state index contributed by atoms with van der Waals surface area (Å²) in [6.07, 6.45) is 2.82. The summed E-state index contributed by atoms with van der Waals surface area (Å²) in [7, 11) is 2.03. The quantitative estimate of drug-likeness (QED) is 0.477. The Morgan fingerprint density at radius 1 is 1.12 bits per heavy atom. The van der Waals surface area contributed by atoms with Crippen molar-refractivity contribution < 1.29 is 13.6 Å². The molecule has 0 aliphatic carbocycles. The molecule has 1 saturated heterocycles. The maximum Gasteiger partial charge on any atom is 0.276 e. The Kier molecular flexibility index (Phi) is 6.50. The number of hydrogen-bond donors (Lipinski definition) is 1. The number of carbonyl (C=O) groups is 1. The summed E-state index contributed by atoms with van der Waals surface area (Å²) in [6, 6.07) is 8.47. The molecule has 3 aromatic rings. The fraction of sp³-hybridized carbons (Fsp3) is 0.292. The number of likely N-dealkylation sites (N-methyl/N-ethyl adjacent to an activating group) is 1. The summed E-state index contributed by atoms with van der Waals surface area (Å²) in [5.74, 6) is -1.57. The van der Waals surface area contributed by atoms with E-state index in [9.17, 15) is 14.0 Å². The minimum Gasteiger partial charge on any atom is -0.367 e. The van der Waals surface area contributed by atoms with Crippen molar-refractivity contribution in [3.63, 3.8) is 0 Å². The van der Waals surface area contributed by atoms with Crippen LogP contribution in [0, 0.1) is 11.6 Å². The van der Waals surface area contributed by atoms with Crippen molar-refractivity contribution >= 4 is 28.7 Å². The van der Waals surface area contributed by atoms with Crippen LogP contribution in [0.3, 0.4) is 0 Å². The number of halogens is 2. The highest BCUT2D eigenvalue weighted by atomic mass is 19.1. The van der Waals surface area contributed by atoms with E-state index in [-0.39, 0.29) is 16.8 Å². The molecular formula is C24H25F2N5O2. The summed E-state index contributed by atoms with van der Waals surface area (Å²) in [5, 5.41) is 3.98. The second-order valence-corrected chi connectivity index (χ2v) is 8.02. The average Bonchev–Trinajstić information content (AvgIpc) is 2.81. The number of pyridine rings is 1. The number of benzene rings is 2. The molecule has 9 heteroatoms. The third-order valence-corrected chi connectivity index (χ3v) is 5.83. The normalized spacial score (nSPS) is 14.8. The summed E-state index contributed by atoms with van der Waals surface area (Å²) in [5.41, 5.74) is 3.24. The number of carbonyl (C=O) groups excluding carboxylic acids is 1. The van der Waals surface area contributed by atoms with Gasteiger partial charge in [-0.3, -0.25) is 9.59 Å². The first-order valence-corrected chi connectivity index (χ1v) is 10.8. The number of aryl methyl sites for hydroxylation is 1. The van der Waals surface area contributed by atoms with E-state index in [1.165, 1.54) is 42.7 Å². The molecular weight excluding hydrogens is 428 g/mol. The number of amides is 1. The highest BCUT2D eigenvalue weighted by Crippen LogP contribution is 2.26. The molecule has 0 unspecified atom stereocenters. The SMILES string of the molecule is CCn1cc(C(=O)NN=Cc2ccc(F)cc2)c(=O)c2cc(F)c(N3CCN(C)CC3)cc21. The highest BCUT2D eigenvalue weighted by Gasteiger charge is 2.21. The standard InChI is InChI=1S/C24H25F2N5O2/c1-3-30-15-19(24(33)28-27-14-16-4-6-17(25)7-5-16)23(32)18-12-20(26)22(13-21(18)30)31-10-8-29(2)9-11-31/h4-7,12-15H,3,8-11H2,1-2H3,(H,28,33). The lowest BCUT2D eigenvalue weighted by Crippen LogP contribution is -2.44. The number of nitrogens with zero attached hydrogens (tertiary/aromatic N) is 4. The summed E-state index contributed by atoms with van der Waals surface area (Å²) < 4.78 is 29.8. The van der Waals surface area contributed by atoms with E-state index < -0.39 is 17.2 Å². The van der Waals surface area contributed by atoms with Gasteiger partial charge in [0.2, 0.25) is 5.43 Å². The molecule has 1 N–H and O–H groups in total. The predicted molar refractivity (Wildman–Crippen MR) is 125 cm³/mol. The van der Waals surface area contributed by atoms with Crippen molar-refractivity contribution in [3.8, 4) is 0 Å². The fourth-order valence-electron chi connectivity index (χ4n) is 3.89. The first-order valence-electron chi connectivity index (χ1n) is 10.8. The van der Waals surface area contributed by atoms with Gasteiger partial charge in [0.25, 0.3) is 5.91 Å². The van der Waals surface area contributed by atoms with E-state index in [1.54, 1.807) is 10.6 Å². The number of aromatic nitrogens is 1. The van der Waals surface area contributed by atoms with Gasteiger partial charge in [-0.05, 0) is 43.8 Å². The monoisotopic (exact) mass is 453 g/mol. The van der Waals surface area contributed by atoms with Crippen molar-refractivity contribution in [3.05, 3.63) is 75.6 Å². The van der Waals surface area contributed by atoms with Crippen molar-refractivity contribution in [2.45, 2.75) is 13.5 Å². The molecule has 1 fully saturated rings. The Bertz CT molecular complexity index is 1260. The van der Waals surface area contributed by atoms with Gasteiger partial charge in [-0.25, -0.2) is 14.2 Å². The Morgan fingerprint density at radius 2 is 1.82 bits per heavy atom. The zero-order chi connectivity index (χ0) is 23.5. The molecule has 1 aromatic heterocycles. The molecule has 7 nitrogen and oxygen atoms in total. The molecule has 0 radical (unpaired) electrons. The summed E-state index contributed by atoms with van der Waals surface area (Å²) in [4.78, 5) is 29.8. The Balaban J connectivity index is 1.65. The van der Waals surface area contributed by atoms with E-state index >= 15 is 4.39 Å². The van der Waals surface area contributed by atoms with E-state index in [0.717, 1.165) is 13.1 Å². The molecule has 0 atom stereocenters. The maximum atomic E-state index is 15.0. The van der Waals surface area contributed by atoms with Crippen LogP contribution in [0.1, 0.15) is 22.8 Å². The molecule has 172 valence electrons. The second-order valence-electron chi connectivity index (χ2n) is 8.02. The molecule has 0 bridgehead atoms. The largest absolute Gasteiger partial charge is 0.367 e. The van der Waals surface area contributed by atoms with Crippen molar-refractivity contribution in [2.75, 3.05) is 38.1 Å². The first kappa shape index (κ1) is 22.6. The molecule has 0 spiro atoms. The number of piperazine rings is 1. The predicted octanol–water partition coefficient (Wildman–Crippen LogP) is 2.82. The molecule has 2 heterocycles. The molecule has 33 heavy (non-hydrogen) atoms. The number of fused-ring (bicyclic) bond motifs is 1. The number of hydrogen-bond acceptors (Lipinski definition) is 5. The van der Waals surface area contributed by atoms with Crippen LogP contribution < -0.4 is 15.8 Å². The smallest absolute Gasteiger partial charge is 0.276 e. The molecule has 0 saturated carbocycles. The molecule has 1 amide bonds. The number of hydrazone groups is 1. The van der Waals surface area contributed by atoms with Crippen LogP contribution in [0.5, 0.6) is 0 Å². The molecule has 1 aliphatic heterocycles. The highest BCUT2D eigenvalue weighted by molar-refractivity contribution is 5.98. The lowest BCUT2D eigenvalue weighted by Gasteiger charge is -2.34. The van der Waals surface area contributed by atoms with Crippen LogP contribution in [0.4, 0.5) is 14.5 Å². The third kappa shape index (κ3) is 4.78. The van der Waals surface area contributed by atoms with E-state index in [1.807, 2.05) is 18.9 Å². The number of rotatable bonds is 5. The van der Waals surface area contributed by atoms with Crippen LogP contribution >= 0.6 is 0 Å². The van der Waals surface area contributed by atoms with Crippen LogP contribution in [-0.2, 0) is 6.54 Å². The van der Waals surface area contributed by atoms with Crippen LogP contribution in [0.15, 0.2) is 52.5 Å². The zero-order valence-electron chi connectivity index (χ0n) is 18.5. The summed E-state index contributed by atoms with van der Waals surface area (Å²) >= 11 is 0. The Labute approximate surface area is 189 Å². The summed E-state index contributed by atoms with van der Waals surface area (Å²) in [6.45, 7) is 5.43. The minimum absolute atomic E-state index is 0.132. The van der Waals surface area contributed by atoms with Gasteiger partial charge in [-0.15, -0.1) is 0 Å².